The summed E-state index contributed by atoms with van der Waals surface area (Å²) < 4.78 is 1.70. The number of aromatic nitrogens is 2. The zero-order chi connectivity index (χ0) is 14.4. The number of anilines is 1. The molecule has 108 valence electrons. The van der Waals surface area contributed by atoms with Crippen LogP contribution in [0.5, 0.6) is 0 Å². The van der Waals surface area contributed by atoms with Gasteiger partial charge in [-0.1, -0.05) is 6.92 Å². The van der Waals surface area contributed by atoms with Gasteiger partial charge in [0, 0.05) is 13.1 Å². The van der Waals surface area contributed by atoms with Crippen molar-refractivity contribution >= 4 is 11.5 Å². The zero-order valence-corrected chi connectivity index (χ0v) is 12.1. The Labute approximate surface area is 113 Å². The lowest BCUT2D eigenvalue weighted by Gasteiger charge is -2.11. The Morgan fingerprint density at radius 3 is 2.68 bits per heavy atom. The molecule has 0 unspecified atom stereocenters. The molecule has 0 atom stereocenters. The molecule has 0 radical (unpaired) electrons. The molecule has 1 aromatic rings. The van der Waals surface area contributed by atoms with E-state index in [4.69, 9.17) is 0 Å². The van der Waals surface area contributed by atoms with Crippen LogP contribution in [-0.4, -0.2) is 46.8 Å². The Balaban J connectivity index is 2.80. The van der Waals surface area contributed by atoms with Crippen molar-refractivity contribution in [3.8, 4) is 0 Å². The van der Waals surface area contributed by atoms with Gasteiger partial charge in [-0.3, -0.25) is 10.1 Å². The molecule has 0 amide bonds. The molecule has 7 heteroatoms. The molecule has 1 heterocycles. The van der Waals surface area contributed by atoms with Crippen LogP contribution in [-0.2, 0) is 6.54 Å². The molecule has 19 heavy (non-hydrogen) atoms. The van der Waals surface area contributed by atoms with Crippen molar-refractivity contribution in [2.45, 2.75) is 33.2 Å². The molecule has 1 aromatic heterocycles. The van der Waals surface area contributed by atoms with E-state index < -0.39 is 0 Å². The summed E-state index contributed by atoms with van der Waals surface area (Å²) in [5.74, 6) is 0.531. The lowest BCUT2D eigenvalue weighted by Crippen LogP contribution is -2.17. The predicted molar refractivity (Wildman–Crippen MR) is 75.6 cm³/mol. The maximum atomic E-state index is 11.1. The van der Waals surface area contributed by atoms with Crippen LogP contribution in [0.4, 0.5) is 11.5 Å². The lowest BCUT2D eigenvalue weighted by molar-refractivity contribution is -0.384. The van der Waals surface area contributed by atoms with Gasteiger partial charge in [-0.05, 0) is 40.4 Å². The normalized spacial score (nSPS) is 11.0. The highest BCUT2D eigenvalue weighted by atomic mass is 16.6. The van der Waals surface area contributed by atoms with Crippen molar-refractivity contribution in [2.24, 2.45) is 0 Å². The van der Waals surface area contributed by atoms with Crippen molar-refractivity contribution in [1.82, 2.24) is 14.7 Å². The molecule has 7 nitrogen and oxygen atoms in total. The van der Waals surface area contributed by atoms with Gasteiger partial charge in [0.25, 0.3) is 0 Å². The molecule has 0 bridgehead atoms. The minimum Gasteiger partial charge on any atom is -0.364 e. The van der Waals surface area contributed by atoms with Gasteiger partial charge in [-0.15, -0.1) is 0 Å². The van der Waals surface area contributed by atoms with Crippen molar-refractivity contribution in [1.29, 1.82) is 0 Å². The molecule has 0 aliphatic carbocycles. The molecule has 0 aliphatic heterocycles. The Morgan fingerprint density at radius 1 is 1.47 bits per heavy atom. The van der Waals surface area contributed by atoms with Gasteiger partial charge >= 0.3 is 5.69 Å². The number of rotatable bonds is 8. The van der Waals surface area contributed by atoms with Gasteiger partial charge < -0.3 is 10.2 Å². The summed E-state index contributed by atoms with van der Waals surface area (Å²) in [5, 5.41) is 18.5. The van der Waals surface area contributed by atoms with Crippen LogP contribution >= 0.6 is 0 Å². The highest BCUT2D eigenvalue weighted by molar-refractivity contribution is 5.59. The number of nitro groups is 1. The molecule has 0 aromatic carbocycles. The average Bonchev–Trinajstić information content (AvgIpc) is 2.61. The largest absolute Gasteiger partial charge is 0.364 e. The van der Waals surface area contributed by atoms with Crippen LogP contribution in [0, 0.1) is 17.0 Å². The van der Waals surface area contributed by atoms with Crippen LogP contribution in [0.1, 0.15) is 25.5 Å². The number of nitrogens with zero attached hydrogens (tertiary/aromatic N) is 4. The minimum absolute atomic E-state index is 0.0957. The van der Waals surface area contributed by atoms with Gasteiger partial charge in [-0.2, -0.15) is 5.10 Å². The fraction of sp³-hybridized carbons (Fsp3) is 0.750. The molecule has 0 saturated carbocycles. The number of hydrogen-bond donors (Lipinski definition) is 1. The van der Waals surface area contributed by atoms with Crippen molar-refractivity contribution < 1.29 is 4.92 Å². The van der Waals surface area contributed by atoms with Crippen molar-refractivity contribution in [3.05, 3.63) is 15.8 Å². The Kier molecular flexibility index (Phi) is 5.75. The van der Waals surface area contributed by atoms with Gasteiger partial charge in [0.1, 0.15) is 5.69 Å². The highest BCUT2D eigenvalue weighted by Gasteiger charge is 2.24. The van der Waals surface area contributed by atoms with Crippen LogP contribution in [0.15, 0.2) is 0 Å². The summed E-state index contributed by atoms with van der Waals surface area (Å²) >= 11 is 0. The third-order valence-corrected chi connectivity index (χ3v) is 2.79. The Bertz CT molecular complexity index is 428. The first-order valence-corrected chi connectivity index (χ1v) is 6.57. The second-order valence-electron chi connectivity index (χ2n) is 4.85. The number of hydrogen-bond acceptors (Lipinski definition) is 5. The van der Waals surface area contributed by atoms with Crippen LogP contribution < -0.4 is 5.32 Å². The monoisotopic (exact) mass is 269 g/mol. The van der Waals surface area contributed by atoms with E-state index >= 15 is 0 Å². The zero-order valence-electron chi connectivity index (χ0n) is 12.1. The van der Waals surface area contributed by atoms with Gasteiger partial charge in [0.2, 0.25) is 5.82 Å². The highest BCUT2D eigenvalue weighted by Crippen LogP contribution is 2.28. The third kappa shape index (κ3) is 4.20. The van der Waals surface area contributed by atoms with E-state index in [0.29, 0.717) is 24.6 Å². The second kappa shape index (κ2) is 7.08. The first-order chi connectivity index (χ1) is 8.97. The van der Waals surface area contributed by atoms with Crippen molar-refractivity contribution in [3.63, 3.8) is 0 Å². The predicted octanol–water partition coefficient (Wildman–Crippen LogP) is 1.87. The van der Waals surface area contributed by atoms with Crippen LogP contribution in [0.25, 0.3) is 0 Å². The summed E-state index contributed by atoms with van der Waals surface area (Å²) in [6.07, 6.45) is 1.82. The molecular weight excluding hydrogens is 246 g/mol. The van der Waals surface area contributed by atoms with E-state index in [1.807, 2.05) is 21.0 Å². The molecule has 0 spiro atoms. The lowest BCUT2D eigenvalue weighted by atomic mass is 10.3. The first kappa shape index (κ1) is 15.4. The molecule has 0 saturated heterocycles. The SMILES string of the molecule is CCCn1nc(C)c([N+](=O)[O-])c1NCCCN(C)C. The van der Waals surface area contributed by atoms with E-state index in [1.54, 1.807) is 11.6 Å². The second-order valence-corrected chi connectivity index (χ2v) is 4.85. The fourth-order valence-electron chi connectivity index (χ4n) is 1.94. The third-order valence-electron chi connectivity index (χ3n) is 2.79. The molecule has 1 N–H and O–H groups in total. The molecule has 0 fully saturated rings. The standard InChI is InChI=1S/C12H23N5O2/c1-5-8-16-12(13-7-6-9-15(3)4)11(17(18)19)10(2)14-16/h13H,5-9H2,1-4H3. The van der Waals surface area contributed by atoms with Gasteiger partial charge in [-0.25, -0.2) is 4.68 Å². The first-order valence-electron chi connectivity index (χ1n) is 6.57. The summed E-state index contributed by atoms with van der Waals surface area (Å²) in [7, 11) is 4.02. The van der Waals surface area contributed by atoms with Gasteiger partial charge in [0.15, 0.2) is 0 Å². The summed E-state index contributed by atoms with van der Waals surface area (Å²) in [6.45, 7) is 6.04. The van der Waals surface area contributed by atoms with Crippen LogP contribution in [0.3, 0.4) is 0 Å². The maximum Gasteiger partial charge on any atom is 0.333 e. The minimum atomic E-state index is -0.358. The Hall–Kier alpha value is -1.63. The van der Waals surface area contributed by atoms with E-state index in [2.05, 4.69) is 15.3 Å². The van der Waals surface area contributed by atoms with E-state index in [-0.39, 0.29) is 10.6 Å². The van der Waals surface area contributed by atoms with E-state index in [0.717, 1.165) is 19.4 Å². The molecular formula is C12H23N5O2. The maximum absolute atomic E-state index is 11.1. The van der Waals surface area contributed by atoms with E-state index in [1.165, 1.54) is 0 Å². The summed E-state index contributed by atoms with van der Waals surface area (Å²) in [5.41, 5.74) is 0.562. The number of aryl methyl sites for hydroxylation is 2. The molecule has 1 rings (SSSR count). The van der Waals surface area contributed by atoms with Crippen LogP contribution in [0.2, 0.25) is 0 Å². The molecule has 0 aliphatic rings. The van der Waals surface area contributed by atoms with Gasteiger partial charge in [0.05, 0.1) is 4.92 Å². The quantitative estimate of drug-likeness (QED) is 0.443. The summed E-state index contributed by atoms with van der Waals surface area (Å²) in [4.78, 5) is 12.8. The smallest absolute Gasteiger partial charge is 0.333 e. The summed E-state index contributed by atoms with van der Waals surface area (Å²) in [6, 6.07) is 0. The topological polar surface area (TPSA) is 76.2 Å². The van der Waals surface area contributed by atoms with E-state index in [9.17, 15) is 10.1 Å². The fourth-order valence-corrected chi connectivity index (χ4v) is 1.94. The number of nitrogens with one attached hydrogen (secondary N) is 1. The average molecular weight is 269 g/mol. The van der Waals surface area contributed by atoms with Crippen molar-refractivity contribution in [2.75, 3.05) is 32.5 Å². The Morgan fingerprint density at radius 2 is 2.16 bits per heavy atom.